The third kappa shape index (κ3) is 2.12. The second-order valence-corrected chi connectivity index (χ2v) is 3.84. The summed E-state index contributed by atoms with van der Waals surface area (Å²) in [7, 11) is 0. The van der Waals surface area contributed by atoms with E-state index in [1.54, 1.807) is 4.90 Å². The van der Waals surface area contributed by atoms with Crippen molar-refractivity contribution in [2.45, 2.75) is 19.9 Å². The van der Waals surface area contributed by atoms with Crippen LogP contribution in [0.2, 0.25) is 0 Å². The SMILES string of the molecule is CC(C)C(C(=O)O)N1CCN(N)/C1=N\N. The highest BCUT2D eigenvalue weighted by molar-refractivity contribution is 5.87. The Morgan fingerprint density at radius 3 is 2.53 bits per heavy atom. The van der Waals surface area contributed by atoms with Gasteiger partial charge in [0.15, 0.2) is 0 Å². The Morgan fingerprint density at radius 1 is 1.53 bits per heavy atom. The van der Waals surface area contributed by atoms with Gasteiger partial charge in [-0.2, -0.15) is 0 Å². The van der Waals surface area contributed by atoms with Gasteiger partial charge in [0.05, 0.1) is 6.54 Å². The van der Waals surface area contributed by atoms with E-state index < -0.39 is 12.0 Å². The molecule has 0 aliphatic carbocycles. The zero-order chi connectivity index (χ0) is 11.6. The number of nitrogens with two attached hydrogens (primary N) is 2. The number of hydrogen-bond acceptors (Lipinski definition) is 4. The molecule has 0 radical (unpaired) electrons. The predicted molar refractivity (Wildman–Crippen MR) is 55.5 cm³/mol. The van der Waals surface area contributed by atoms with Gasteiger partial charge in [0, 0.05) is 6.54 Å². The highest BCUT2D eigenvalue weighted by Crippen LogP contribution is 2.16. The van der Waals surface area contributed by atoms with Crippen LogP contribution >= 0.6 is 0 Å². The van der Waals surface area contributed by atoms with Gasteiger partial charge >= 0.3 is 5.97 Å². The predicted octanol–water partition coefficient (Wildman–Crippen LogP) is -1.18. The minimum absolute atomic E-state index is 0.0363. The summed E-state index contributed by atoms with van der Waals surface area (Å²) in [6, 6.07) is -0.638. The van der Waals surface area contributed by atoms with Crippen LogP contribution in [0.5, 0.6) is 0 Å². The lowest BCUT2D eigenvalue weighted by Crippen LogP contribution is -2.49. The number of hydrazone groups is 1. The first kappa shape index (κ1) is 11.6. The largest absolute Gasteiger partial charge is 0.480 e. The molecular formula is C8H17N5O2. The van der Waals surface area contributed by atoms with Gasteiger partial charge in [-0.3, -0.25) is 5.01 Å². The van der Waals surface area contributed by atoms with Crippen LogP contribution in [0.1, 0.15) is 13.8 Å². The molecular weight excluding hydrogens is 198 g/mol. The lowest BCUT2D eigenvalue weighted by molar-refractivity contribution is -0.143. The van der Waals surface area contributed by atoms with E-state index in [1.165, 1.54) is 5.01 Å². The summed E-state index contributed by atoms with van der Waals surface area (Å²) in [6.45, 7) is 4.74. The quantitative estimate of drug-likeness (QED) is 0.404. The standard InChI is InChI=1S/C8H17N5O2/c1-5(2)6(7(14)15)12-3-4-13(10)8(12)11-9/h5-6H,3-4,9-10H2,1-2H3,(H,14,15)/b11-8-. The molecule has 86 valence electrons. The fraction of sp³-hybridized carbons (Fsp3) is 0.750. The Bertz CT molecular complexity index is 278. The first-order valence-electron chi connectivity index (χ1n) is 4.78. The van der Waals surface area contributed by atoms with Crippen molar-refractivity contribution in [1.82, 2.24) is 9.91 Å². The van der Waals surface area contributed by atoms with Crippen molar-refractivity contribution in [1.29, 1.82) is 0 Å². The average Bonchev–Trinajstić information content (AvgIpc) is 2.46. The normalized spacial score (nSPS) is 21.5. The lowest BCUT2D eigenvalue weighted by Gasteiger charge is -2.28. The Labute approximate surface area is 88.3 Å². The first-order valence-corrected chi connectivity index (χ1v) is 4.78. The van der Waals surface area contributed by atoms with E-state index in [0.29, 0.717) is 19.0 Å². The van der Waals surface area contributed by atoms with Crippen molar-refractivity contribution < 1.29 is 9.90 Å². The molecule has 0 amide bonds. The molecule has 1 rings (SSSR count). The molecule has 0 spiro atoms. The van der Waals surface area contributed by atoms with Crippen LogP contribution in [0.3, 0.4) is 0 Å². The first-order chi connectivity index (χ1) is 6.99. The number of hydrogen-bond donors (Lipinski definition) is 3. The van der Waals surface area contributed by atoms with E-state index in [4.69, 9.17) is 16.8 Å². The van der Waals surface area contributed by atoms with Crippen molar-refractivity contribution in [2.24, 2.45) is 22.7 Å². The summed E-state index contributed by atoms with van der Waals surface area (Å²) in [6.07, 6.45) is 0. The van der Waals surface area contributed by atoms with E-state index in [-0.39, 0.29) is 5.92 Å². The maximum atomic E-state index is 11.1. The van der Waals surface area contributed by atoms with Crippen molar-refractivity contribution in [3.05, 3.63) is 0 Å². The average molecular weight is 215 g/mol. The molecule has 0 aromatic heterocycles. The number of nitrogens with zero attached hydrogens (tertiary/aromatic N) is 3. The molecule has 7 nitrogen and oxygen atoms in total. The molecule has 0 bridgehead atoms. The van der Waals surface area contributed by atoms with Crippen molar-refractivity contribution in [3.63, 3.8) is 0 Å². The van der Waals surface area contributed by atoms with E-state index in [9.17, 15) is 4.79 Å². The lowest BCUT2D eigenvalue weighted by atomic mass is 10.0. The topological polar surface area (TPSA) is 108 Å². The molecule has 1 unspecified atom stereocenters. The summed E-state index contributed by atoms with van der Waals surface area (Å²) < 4.78 is 0. The van der Waals surface area contributed by atoms with Crippen LogP contribution in [0.25, 0.3) is 0 Å². The Morgan fingerprint density at radius 2 is 2.13 bits per heavy atom. The van der Waals surface area contributed by atoms with Gasteiger partial charge < -0.3 is 15.8 Å². The van der Waals surface area contributed by atoms with Gasteiger partial charge in [-0.15, -0.1) is 5.10 Å². The van der Waals surface area contributed by atoms with Crippen molar-refractivity contribution in [3.8, 4) is 0 Å². The van der Waals surface area contributed by atoms with Gasteiger partial charge in [-0.1, -0.05) is 13.8 Å². The van der Waals surface area contributed by atoms with E-state index in [1.807, 2.05) is 13.8 Å². The van der Waals surface area contributed by atoms with Gasteiger partial charge in [0.25, 0.3) is 0 Å². The van der Waals surface area contributed by atoms with Gasteiger partial charge in [-0.05, 0) is 5.92 Å². The van der Waals surface area contributed by atoms with Gasteiger partial charge in [0.1, 0.15) is 6.04 Å². The Balaban J connectivity index is 2.90. The highest BCUT2D eigenvalue weighted by Gasteiger charge is 2.36. The second-order valence-electron chi connectivity index (χ2n) is 3.84. The summed E-state index contributed by atoms with van der Waals surface area (Å²) >= 11 is 0. The van der Waals surface area contributed by atoms with Crippen LogP contribution in [-0.4, -0.2) is 46.1 Å². The van der Waals surface area contributed by atoms with Crippen LogP contribution in [-0.2, 0) is 4.79 Å². The molecule has 7 heteroatoms. The molecule has 0 aromatic carbocycles. The number of guanidine groups is 1. The molecule has 0 aromatic rings. The van der Waals surface area contributed by atoms with Crippen LogP contribution < -0.4 is 11.7 Å². The molecule has 1 heterocycles. The van der Waals surface area contributed by atoms with Gasteiger partial charge in [0.2, 0.25) is 5.96 Å². The zero-order valence-corrected chi connectivity index (χ0v) is 8.92. The summed E-state index contributed by atoms with van der Waals surface area (Å²) in [5.74, 6) is 10.2. The molecule has 15 heavy (non-hydrogen) atoms. The van der Waals surface area contributed by atoms with E-state index in [2.05, 4.69) is 5.10 Å². The van der Waals surface area contributed by atoms with Gasteiger partial charge in [-0.25, -0.2) is 10.6 Å². The number of rotatable bonds is 3. The minimum atomic E-state index is -0.888. The monoisotopic (exact) mass is 215 g/mol. The number of aliphatic carboxylic acids is 1. The second kappa shape index (κ2) is 4.35. The summed E-state index contributed by atoms with van der Waals surface area (Å²) in [4.78, 5) is 12.7. The minimum Gasteiger partial charge on any atom is -0.480 e. The Kier molecular flexibility index (Phi) is 3.35. The van der Waals surface area contributed by atoms with Crippen LogP contribution in [0, 0.1) is 5.92 Å². The fourth-order valence-electron chi connectivity index (χ4n) is 1.77. The number of hydrazine groups is 1. The third-order valence-electron chi connectivity index (χ3n) is 2.43. The number of carboxylic acids is 1. The maximum absolute atomic E-state index is 11.1. The fourth-order valence-corrected chi connectivity index (χ4v) is 1.77. The molecule has 1 fully saturated rings. The summed E-state index contributed by atoms with van der Waals surface area (Å²) in [5, 5.41) is 14.0. The van der Waals surface area contributed by atoms with E-state index >= 15 is 0 Å². The molecule has 5 N–H and O–H groups in total. The highest BCUT2D eigenvalue weighted by atomic mass is 16.4. The molecule has 1 saturated heterocycles. The number of carbonyl (C=O) groups is 1. The number of carboxylic acid groups (broad SMARTS) is 1. The van der Waals surface area contributed by atoms with E-state index in [0.717, 1.165) is 0 Å². The van der Waals surface area contributed by atoms with Crippen LogP contribution in [0.15, 0.2) is 5.10 Å². The third-order valence-corrected chi connectivity index (χ3v) is 2.43. The smallest absolute Gasteiger partial charge is 0.326 e. The van der Waals surface area contributed by atoms with Crippen molar-refractivity contribution in [2.75, 3.05) is 13.1 Å². The molecule has 0 saturated carbocycles. The summed E-state index contributed by atoms with van der Waals surface area (Å²) in [5.41, 5.74) is 0. The molecule has 1 aliphatic rings. The molecule has 1 atom stereocenters. The Hall–Kier alpha value is -1.50. The van der Waals surface area contributed by atoms with Crippen LogP contribution in [0.4, 0.5) is 0 Å². The molecule has 1 aliphatic heterocycles. The maximum Gasteiger partial charge on any atom is 0.326 e. The van der Waals surface area contributed by atoms with Crippen molar-refractivity contribution >= 4 is 11.9 Å². The zero-order valence-electron chi connectivity index (χ0n) is 8.92.